The van der Waals surface area contributed by atoms with Crippen molar-refractivity contribution in [1.29, 1.82) is 0 Å². The molecule has 0 bridgehead atoms. The Hall–Kier alpha value is -0.813. The molecule has 1 nitrogen and oxygen atoms in total. The Balaban J connectivity index is 2.82. The van der Waals surface area contributed by atoms with Crippen molar-refractivity contribution in [1.82, 2.24) is 0 Å². The second-order valence-corrected chi connectivity index (χ2v) is 8.74. The van der Waals surface area contributed by atoms with Crippen molar-refractivity contribution in [2.75, 3.05) is 7.11 Å². The highest BCUT2D eigenvalue weighted by molar-refractivity contribution is 6.71. The zero-order chi connectivity index (χ0) is 12.3. The average molecular weight is 248 g/mol. The fourth-order valence-corrected chi connectivity index (χ4v) is 2.40. The highest BCUT2D eigenvalue weighted by atomic mass is 28.4. The Morgan fingerprint density at radius 2 is 1.62 bits per heavy atom. The molecule has 0 fully saturated rings. The summed E-state index contributed by atoms with van der Waals surface area (Å²) in [6, 6.07) is 2.02. The second kappa shape index (κ2) is 5.01. The molecule has 16 heavy (non-hydrogen) atoms. The normalized spacial score (nSPS) is 11.9. The largest absolute Gasteiger partial charge is 0.420 e. The topological polar surface area (TPSA) is 9.23 Å². The molecule has 0 saturated carbocycles. The highest BCUT2D eigenvalue weighted by Gasteiger charge is 2.22. The zero-order valence-electron chi connectivity index (χ0n) is 9.61. The van der Waals surface area contributed by atoms with Gasteiger partial charge in [0.15, 0.2) is 8.32 Å². The van der Waals surface area contributed by atoms with Gasteiger partial charge in [0, 0.05) is 24.8 Å². The minimum absolute atomic E-state index is 0.0565. The molecule has 1 aromatic rings. The summed E-state index contributed by atoms with van der Waals surface area (Å²) in [5, 5.41) is 0. The third-order valence-corrected chi connectivity index (χ3v) is 5.19. The van der Waals surface area contributed by atoms with Crippen LogP contribution < -0.4 is 0 Å². The summed E-state index contributed by atoms with van der Waals surface area (Å²) in [5.41, 5.74) is -0.0565. The summed E-state index contributed by atoms with van der Waals surface area (Å²) in [6.07, 6.45) is 0.241. The molecule has 0 heterocycles. The van der Waals surface area contributed by atoms with Gasteiger partial charge in [0.2, 0.25) is 0 Å². The van der Waals surface area contributed by atoms with Crippen LogP contribution in [0.5, 0.6) is 0 Å². The van der Waals surface area contributed by atoms with Crippen LogP contribution in [-0.2, 0) is 10.8 Å². The summed E-state index contributed by atoms with van der Waals surface area (Å²) >= 11 is 0. The van der Waals surface area contributed by atoms with Crippen molar-refractivity contribution in [3.63, 3.8) is 0 Å². The number of benzene rings is 1. The van der Waals surface area contributed by atoms with Crippen LogP contribution >= 0.6 is 0 Å². The van der Waals surface area contributed by atoms with Crippen LogP contribution in [0.15, 0.2) is 12.1 Å². The SMILES string of the molecule is CO[Si](C)(C)CCc1c(F)cc(F)cc1F. The maximum atomic E-state index is 13.3. The van der Waals surface area contributed by atoms with Gasteiger partial charge in [-0.3, -0.25) is 0 Å². The molecule has 0 amide bonds. The smallest absolute Gasteiger partial charge is 0.186 e. The maximum absolute atomic E-state index is 13.3. The molecule has 0 spiro atoms. The van der Waals surface area contributed by atoms with Crippen molar-refractivity contribution in [2.45, 2.75) is 25.6 Å². The average Bonchev–Trinajstić information content (AvgIpc) is 2.16. The Bertz CT molecular complexity index is 356. The lowest BCUT2D eigenvalue weighted by atomic mass is 10.1. The third kappa shape index (κ3) is 3.35. The van der Waals surface area contributed by atoms with E-state index >= 15 is 0 Å². The molecule has 90 valence electrons. The quantitative estimate of drug-likeness (QED) is 0.741. The zero-order valence-corrected chi connectivity index (χ0v) is 10.6. The van der Waals surface area contributed by atoms with Crippen molar-refractivity contribution >= 4 is 8.32 Å². The fourth-order valence-electron chi connectivity index (χ4n) is 1.34. The minimum atomic E-state index is -1.85. The van der Waals surface area contributed by atoms with E-state index in [-0.39, 0.29) is 12.0 Å². The summed E-state index contributed by atoms with van der Waals surface area (Å²) in [6.45, 7) is 3.93. The predicted molar refractivity (Wildman–Crippen MR) is 59.3 cm³/mol. The van der Waals surface area contributed by atoms with E-state index in [1.165, 1.54) is 0 Å². The number of hydrogen-bond acceptors (Lipinski definition) is 1. The van der Waals surface area contributed by atoms with Gasteiger partial charge in [0.05, 0.1) is 0 Å². The summed E-state index contributed by atoms with van der Waals surface area (Å²) in [7, 11) is -0.246. The molecular weight excluding hydrogens is 233 g/mol. The lowest BCUT2D eigenvalue weighted by molar-refractivity contribution is 0.402. The molecule has 0 aliphatic carbocycles. The molecule has 0 radical (unpaired) electrons. The van der Waals surface area contributed by atoms with Gasteiger partial charge in [-0.2, -0.15) is 0 Å². The van der Waals surface area contributed by atoms with Gasteiger partial charge in [-0.25, -0.2) is 13.2 Å². The fraction of sp³-hybridized carbons (Fsp3) is 0.455. The molecule has 0 aliphatic heterocycles. The van der Waals surface area contributed by atoms with E-state index in [1.807, 2.05) is 13.1 Å². The molecule has 0 unspecified atom stereocenters. The first-order valence-corrected chi connectivity index (χ1v) is 8.16. The van der Waals surface area contributed by atoms with Crippen LogP contribution in [0.4, 0.5) is 13.2 Å². The van der Waals surface area contributed by atoms with Crippen LogP contribution in [0, 0.1) is 17.5 Å². The van der Waals surface area contributed by atoms with E-state index in [0.29, 0.717) is 18.2 Å². The maximum Gasteiger partial charge on any atom is 0.186 e. The van der Waals surface area contributed by atoms with Crippen molar-refractivity contribution in [3.05, 3.63) is 35.1 Å². The molecule has 1 aromatic carbocycles. The summed E-state index contributed by atoms with van der Waals surface area (Å²) < 4.78 is 44.5. The molecule has 5 heteroatoms. The van der Waals surface area contributed by atoms with Crippen LogP contribution in [0.25, 0.3) is 0 Å². The first-order valence-electron chi connectivity index (χ1n) is 5.04. The van der Waals surface area contributed by atoms with Crippen LogP contribution in [0.2, 0.25) is 19.1 Å². The second-order valence-electron chi connectivity index (χ2n) is 4.31. The molecule has 0 aromatic heterocycles. The van der Waals surface area contributed by atoms with Crippen molar-refractivity contribution < 1.29 is 17.6 Å². The molecule has 1 rings (SSSR count). The van der Waals surface area contributed by atoms with Crippen molar-refractivity contribution in [3.8, 4) is 0 Å². The molecule has 0 saturated heterocycles. The minimum Gasteiger partial charge on any atom is -0.420 e. The highest BCUT2D eigenvalue weighted by Crippen LogP contribution is 2.20. The molecule has 0 atom stereocenters. The van der Waals surface area contributed by atoms with Gasteiger partial charge in [-0.1, -0.05) is 0 Å². The lowest BCUT2D eigenvalue weighted by Crippen LogP contribution is -2.29. The van der Waals surface area contributed by atoms with Gasteiger partial charge in [0.1, 0.15) is 17.5 Å². The van der Waals surface area contributed by atoms with E-state index in [4.69, 9.17) is 4.43 Å². The Kier molecular flexibility index (Phi) is 4.15. The summed E-state index contributed by atoms with van der Waals surface area (Å²) in [4.78, 5) is 0. The summed E-state index contributed by atoms with van der Waals surface area (Å²) in [5.74, 6) is -2.53. The van der Waals surface area contributed by atoms with Crippen LogP contribution in [0.3, 0.4) is 0 Å². The number of hydrogen-bond donors (Lipinski definition) is 0. The van der Waals surface area contributed by atoms with Gasteiger partial charge < -0.3 is 4.43 Å². The van der Waals surface area contributed by atoms with E-state index in [0.717, 1.165) is 0 Å². The standard InChI is InChI=1S/C11H15F3OSi/c1-15-16(2,3)5-4-9-10(13)6-8(12)7-11(9)14/h6-7H,4-5H2,1-3H3. The first kappa shape index (κ1) is 13.3. The monoisotopic (exact) mass is 248 g/mol. The number of rotatable bonds is 4. The Morgan fingerprint density at radius 1 is 1.12 bits per heavy atom. The molecule has 0 aliphatic rings. The van der Waals surface area contributed by atoms with Crippen molar-refractivity contribution in [2.24, 2.45) is 0 Å². The van der Waals surface area contributed by atoms with E-state index in [9.17, 15) is 13.2 Å². The van der Waals surface area contributed by atoms with Crippen LogP contribution in [0.1, 0.15) is 5.56 Å². The number of halogens is 3. The Labute approximate surface area is 94.4 Å². The third-order valence-electron chi connectivity index (χ3n) is 2.64. The molecule has 0 N–H and O–H groups in total. The van der Waals surface area contributed by atoms with Gasteiger partial charge in [-0.05, 0) is 25.6 Å². The lowest BCUT2D eigenvalue weighted by Gasteiger charge is -2.19. The van der Waals surface area contributed by atoms with Gasteiger partial charge in [-0.15, -0.1) is 0 Å². The predicted octanol–water partition coefficient (Wildman–Crippen LogP) is 3.50. The van der Waals surface area contributed by atoms with Gasteiger partial charge in [0.25, 0.3) is 0 Å². The van der Waals surface area contributed by atoms with Gasteiger partial charge >= 0.3 is 0 Å². The molecular formula is C11H15F3OSi. The Morgan fingerprint density at radius 3 is 2.06 bits per heavy atom. The van der Waals surface area contributed by atoms with Crippen LogP contribution in [-0.4, -0.2) is 15.4 Å². The van der Waals surface area contributed by atoms with E-state index in [2.05, 4.69) is 0 Å². The van der Waals surface area contributed by atoms with E-state index < -0.39 is 25.8 Å². The first-order chi connectivity index (χ1) is 7.35. The van der Waals surface area contributed by atoms with E-state index in [1.54, 1.807) is 7.11 Å².